The quantitative estimate of drug-likeness (QED) is 0.596. The lowest BCUT2D eigenvalue weighted by atomic mass is 10.4. The van der Waals surface area contributed by atoms with Crippen LogP contribution in [0.2, 0.25) is 0 Å². The summed E-state index contributed by atoms with van der Waals surface area (Å²) in [6, 6.07) is 1.81. The van der Waals surface area contributed by atoms with Crippen LogP contribution in [-0.2, 0) is 0 Å². The van der Waals surface area contributed by atoms with Gasteiger partial charge in [0.15, 0.2) is 11.3 Å². The lowest BCUT2D eigenvalue weighted by Gasteiger charge is -1.92. The van der Waals surface area contributed by atoms with Crippen LogP contribution in [-0.4, -0.2) is 14.6 Å². The normalized spacial score (nSPS) is 10.4. The first-order valence-electron chi connectivity index (χ1n) is 3.45. The smallest absolute Gasteiger partial charge is 0.184 e. The summed E-state index contributed by atoms with van der Waals surface area (Å²) in [6.45, 7) is 1.85. The van der Waals surface area contributed by atoms with E-state index in [9.17, 15) is 4.91 Å². The average molecular weight is 162 g/mol. The zero-order valence-electron chi connectivity index (χ0n) is 6.43. The molecule has 0 bridgehead atoms. The first-order chi connectivity index (χ1) is 5.81. The van der Waals surface area contributed by atoms with E-state index in [1.54, 1.807) is 6.20 Å². The van der Waals surface area contributed by atoms with Gasteiger partial charge in [0.2, 0.25) is 0 Å². The third kappa shape index (κ3) is 0.868. The molecular formula is C7H6N4O. The van der Waals surface area contributed by atoms with Gasteiger partial charge in [-0.25, -0.2) is 9.50 Å². The molecule has 0 aliphatic rings. The SMILES string of the molecule is Cc1ccn2ncc(N=O)c2n1. The van der Waals surface area contributed by atoms with Crippen LogP contribution < -0.4 is 0 Å². The zero-order valence-corrected chi connectivity index (χ0v) is 6.43. The Kier molecular flexibility index (Phi) is 1.36. The molecule has 0 unspecified atom stereocenters. The molecule has 0 aliphatic carbocycles. The van der Waals surface area contributed by atoms with Crippen molar-refractivity contribution in [3.8, 4) is 0 Å². The maximum atomic E-state index is 10.2. The third-order valence-electron chi connectivity index (χ3n) is 1.59. The highest BCUT2D eigenvalue weighted by atomic mass is 16.3. The van der Waals surface area contributed by atoms with Crippen LogP contribution in [0.5, 0.6) is 0 Å². The van der Waals surface area contributed by atoms with Crippen LogP contribution in [0.1, 0.15) is 5.69 Å². The Morgan fingerprint density at radius 2 is 2.42 bits per heavy atom. The van der Waals surface area contributed by atoms with Gasteiger partial charge in [0.05, 0.1) is 6.20 Å². The predicted octanol–water partition coefficient (Wildman–Crippen LogP) is 1.44. The van der Waals surface area contributed by atoms with Crippen LogP contribution in [0.25, 0.3) is 5.65 Å². The van der Waals surface area contributed by atoms with Crippen molar-refractivity contribution in [3.05, 3.63) is 29.1 Å². The van der Waals surface area contributed by atoms with Crippen LogP contribution in [0.15, 0.2) is 23.6 Å². The Morgan fingerprint density at radius 3 is 3.17 bits per heavy atom. The summed E-state index contributed by atoms with van der Waals surface area (Å²) < 4.78 is 1.52. The van der Waals surface area contributed by atoms with Crippen molar-refractivity contribution in [2.45, 2.75) is 6.92 Å². The van der Waals surface area contributed by atoms with E-state index in [0.29, 0.717) is 5.65 Å². The van der Waals surface area contributed by atoms with Crippen molar-refractivity contribution < 1.29 is 0 Å². The molecule has 0 saturated carbocycles. The molecule has 0 amide bonds. The van der Waals surface area contributed by atoms with Crippen molar-refractivity contribution in [1.82, 2.24) is 14.6 Å². The molecule has 0 fully saturated rings. The van der Waals surface area contributed by atoms with Crippen molar-refractivity contribution in [3.63, 3.8) is 0 Å². The number of aryl methyl sites for hydroxylation is 1. The Labute approximate surface area is 68.0 Å². The first-order valence-corrected chi connectivity index (χ1v) is 3.45. The number of hydrogen-bond acceptors (Lipinski definition) is 4. The van der Waals surface area contributed by atoms with Crippen LogP contribution in [0.4, 0.5) is 5.69 Å². The summed E-state index contributed by atoms with van der Waals surface area (Å²) in [6.07, 6.45) is 3.14. The molecule has 0 atom stereocenters. The number of aromatic nitrogens is 3. The number of nitroso groups, excluding NO2 is 1. The fourth-order valence-corrected chi connectivity index (χ4v) is 1.01. The lowest BCUT2D eigenvalue weighted by molar-refractivity contribution is 0.929. The monoisotopic (exact) mass is 162 g/mol. The van der Waals surface area contributed by atoms with E-state index in [4.69, 9.17) is 0 Å². The molecule has 60 valence electrons. The third-order valence-corrected chi connectivity index (χ3v) is 1.59. The van der Waals surface area contributed by atoms with Gasteiger partial charge in [0.1, 0.15) is 0 Å². The molecule has 0 radical (unpaired) electrons. The number of nitrogens with zero attached hydrogens (tertiary/aromatic N) is 4. The molecule has 0 aromatic carbocycles. The number of fused-ring (bicyclic) bond motifs is 1. The molecule has 2 aromatic rings. The van der Waals surface area contributed by atoms with Gasteiger partial charge in [0.25, 0.3) is 0 Å². The van der Waals surface area contributed by atoms with Crippen LogP contribution in [0.3, 0.4) is 0 Å². The summed E-state index contributed by atoms with van der Waals surface area (Å²) in [4.78, 5) is 14.4. The van der Waals surface area contributed by atoms with E-state index >= 15 is 0 Å². The molecule has 2 aromatic heterocycles. The van der Waals surface area contributed by atoms with Crippen LogP contribution >= 0.6 is 0 Å². The van der Waals surface area contributed by atoms with E-state index in [0.717, 1.165) is 5.69 Å². The molecule has 5 nitrogen and oxygen atoms in total. The maximum absolute atomic E-state index is 10.2. The van der Waals surface area contributed by atoms with Crippen molar-refractivity contribution in [1.29, 1.82) is 0 Å². The number of hydrogen-bond donors (Lipinski definition) is 0. The second-order valence-electron chi connectivity index (χ2n) is 2.46. The van der Waals surface area contributed by atoms with Crippen molar-refractivity contribution in [2.75, 3.05) is 0 Å². The summed E-state index contributed by atoms with van der Waals surface area (Å²) in [7, 11) is 0. The molecule has 0 aliphatic heterocycles. The summed E-state index contributed by atoms with van der Waals surface area (Å²) in [5, 5.41) is 6.70. The van der Waals surface area contributed by atoms with Gasteiger partial charge < -0.3 is 0 Å². The van der Waals surface area contributed by atoms with Crippen LogP contribution in [0, 0.1) is 11.8 Å². The van der Waals surface area contributed by atoms with Gasteiger partial charge in [-0.2, -0.15) is 5.10 Å². The number of rotatable bonds is 1. The van der Waals surface area contributed by atoms with Gasteiger partial charge in [0, 0.05) is 11.9 Å². The molecule has 0 spiro atoms. The molecule has 2 rings (SSSR count). The highest BCUT2D eigenvalue weighted by Gasteiger charge is 2.04. The first kappa shape index (κ1) is 6.90. The largest absolute Gasteiger partial charge is 0.232 e. The molecule has 0 saturated heterocycles. The summed E-state index contributed by atoms with van der Waals surface area (Å²) >= 11 is 0. The van der Waals surface area contributed by atoms with E-state index in [1.165, 1.54) is 10.7 Å². The Hall–Kier alpha value is -1.78. The Morgan fingerprint density at radius 1 is 1.58 bits per heavy atom. The van der Waals surface area contributed by atoms with E-state index in [-0.39, 0.29) is 5.69 Å². The highest BCUT2D eigenvalue weighted by Crippen LogP contribution is 2.16. The highest BCUT2D eigenvalue weighted by molar-refractivity contribution is 5.62. The standard InChI is InChI=1S/C7H6N4O/c1-5-2-3-11-7(9-5)6(10-12)4-8-11/h2-4H,1H3. The minimum atomic E-state index is 0.277. The zero-order chi connectivity index (χ0) is 8.55. The second kappa shape index (κ2) is 2.37. The molecule has 0 N–H and O–H groups in total. The van der Waals surface area contributed by atoms with E-state index in [1.807, 2.05) is 13.0 Å². The van der Waals surface area contributed by atoms with Gasteiger partial charge in [-0.1, -0.05) is 0 Å². The van der Waals surface area contributed by atoms with Crippen molar-refractivity contribution in [2.24, 2.45) is 5.18 Å². The van der Waals surface area contributed by atoms with Gasteiger partial charge in [-0.15, -0.1) is 4.91 Å². The van der Waals surface area contributed by atoms with Crippen molar-refractivity contribution >= 4 is 11.3 Å². The fraction of sp³-hybridized carbons (Fsp3) is 0.143. The predicted molar refractivity (Wildman–Crippen MR) is 43.2 cm³/mol. The van der Waals surface area contributed by atoms with Gasteiger partial charge >= 0.3 is 0 Å². The maximum Gasteiger partial charge on any atom is 0.184 e. The molecule has 12 heavy (non-hydrogen) atoms. The lowest BCUT2D eigenvalue weighted by Crippen LogP contribution is -1.90. The second-order valence-corrected chi connectivity index (χ2v) is 2.46. The summed E-state index contributed by atoms with van der Waals surface area (Å²) in [5.74, 6) is 0. The molecule has 5 heteroatoms. The Bertz CT molecular complexity index is 434. The topological polar surface area (TPSA) is 59.6 Å². The fourth-order valence-electron chi connectivity index (χ4n) is 1.01. The summed E-state index contributed by atoms with van der Waals surface area (Å²) in [5.41, 5.74) is 1.62. The average Bonchev–Trinajstić information content (AvgIpc) is 2.46. The minimum absolute atomic E-state index is 0.277. The van der Waals surface area contributed by atoms with E-state index < -0.39 is 0 Å². The molecule has 2 heterocycles. The Balaban J connectivity index is 2.83. The van der Waals surface area contributed by atoms with Gasteiger partial charge in [-0.05, 0) is 18.2 Å². The van der Waals surface area contributed by atoms with E-state index in [2.05, 4.69) is 15.3 Å². The van der Waals surface area contributed by atoms with Gasteiger partial charge in [-0.3, -0.25) is 0 Å². The molecular weight excluding hydrogens is 156 g/mol. The minimum Gasteiger partial charge on any atom is -0.232 e.